The molecule has 0 aliphatic carbocycles. The van der Waals surface area contributed by atoms with Gasteiger partial charge in [-0.2, -0.15) is 0 Å². The first-order valence-corrected chi connectivity index (χ1v) is 8.20. The minimum Gasteiger partial charge on any atom is -0.355 e. The number of amides is 1. The number of piperazine rings is 1. The van der Waals surface area contributed by atoms with Crippen molar-refractivity contribution in [3.63, 3.8) is 0 Å². The molecule has 5 nitrogen and oxygen atoms in total. The summed E-state index contributed by atoms with van der Waals surface area (Å²) in [5, 5.41) is 6.41. The van der Waals surface area contributed by atoms with E-state index in [9.17, 15) is 4.79 Å². The molecule has 1 unspecified atom stereocenters. The largest absolute Gasteiger partial charge is 0.355 e. The summed E-state index contributed by atoms with van der Waals surface area (Å²) in [6, 6.07) is 0. The van der Waals surface area contributed by atoms with Crippen molar-refractivity contribution in [1.29, 1.82) is 0 Å². The van der Waals surface area contributed by atoms with E-state index in [2.05, 4.69) is 27.4 Å². The first kappa shape index (κ1) is 15.7. The molecule has 2 heterocycles. The topological polar surface area (TPSA) is 47.6 Å². The predicted octanol–water partition coefficient (Wildman–Crippen LogP) is 0.130. The van der Waals surface area contributed by atoms with E-state index in [1.807, 2.05) is 0 Å². The SMILES string of the molecule is CCN1CCN(CCNC(=O)CCC2CCNC2)CC1. The standard InChI is InChI=1S/C15H30N4O/c1-2-18-9-11-19(12-10-18)8-7-17-15(20)4-3-14-5-6-16-13-14/h14,16H,2-13H2,1H3,(H,17,20). The van der Waals surface area contributed by atoms with Crippen LogP contribution in [0.25, 0.3) is 0 Å². The first-order valence-electron chi connectivity index (χ1n) is 8.20. The zero-order valence-corrected chi connectivity index (χ0v) is 12.9. The van der Waals surface area contributed by atoms with Gasteiger partial charge in [-0.25, -0.2) is 0 Å². The summed E-state index contributed by atoms with van der Waals surface area (Å²) in [5.74, 6) is 0.937. The van der Waals surface area contributed by atoms with Gasteiger partial charge in [0.1, 0.15) is 0 Å². The van der Waals surface area contributed by atoms with Gasteiger partial charge in [0.2, 0.25) is 5.91 Å². The lowest BCUT2D eigenvalue weighted by Crippen LogP contribution is -2.48. The monoisotopic (exact) mass is 282 g/mol. The Bertz CT molecular complexity index is 284. The van der Waals surface area contributed by atoms with Gasteiger partial charge in [-0.1, -0.05) is 6.92 Å². The average Bonchev–Trinajstić information content (AvgIpc) is 2.99. The maximum Gasteiger partial charge on any atom is 0.220 e. The molecule has 0 radical (unpaired) electrons. The molecule has 0 bridgehead atoms. The molecule has 116 valence electrons. The van der Waals surface area contributed by atoms with Gasteiger partial charge in [0.15, 0.2) is 0 Å². The fourth-order valence-corrected chi connectivity index (χ4v) is 3.07. The van der Waals surface area contributed by atoms with Gasteiger partial charge >= 0.3 is 0 Å². The van der Waals surface area contributed by atoms with E-state index in [0.717, 1.165) is 52.2 Å². The van der Waals surface area contributed by atoms with Crippen LogP contribution in [0.3, 0.4) is 0 Å². The number of hydrogen-bond donors (Lipinski definition) is 2. The second-order valence-electron chi connectivity index (χ2n) is 6.02. The molecule has 1 atom stereocenters. The maximum absolute atomic E-state index is 11.8. The highest BCUT2D eigenvalue weighted by atomic mass is 16.1. The highest BCUT2D eigenvalue weighted by Gasteiger charge is 2.17. The van der Waals surface area contributed by atoms with Gasteiger partial charge in [0.25, 0.3) is 0 Å². The highest BCUT2D eigenvalue weighted by molar-refractivity contribution is 5.75. The van der Waals surface area contributed by atoms with Crippen LogP contribution in [0.15, 0.2) is 0 Å². The van der Waals surface area contributed by atoms with Gasteiger partial charge in [-0.15, -0.1) is 0 Å². The van der Waals surface area contributed by atoms with Gasteiger partial charge in [-0.3, -0.25) is 9.69 Å². The second-order valence-corrected chi connectivity index (χ2v) is 6.02. The molecule has 0 spiro atoms. The van der Waals surface area contributed by atoms with Crippen molar-refractivity contribution in [1.82, 2.24) is 20.4 Å². The summed E-state index contributed by atoms with van der Waals surface area (Å²) in [7, 11) is 0. The number of nitrogens with zero attached hydrogens (tertiary/aromatic N) is 2. The Balaban J connectivity index is 1.49. The van der Waals surface area contributed by atoms with Crippen LogP contribution in [0.2, 0.25) is 0 Å². The van der Waals surface area contributed by atoms with Crippen LogP contribution in [-0.2, 0) is 4.79 Å². The van der Waals surface area contributed by atoms with Crippen molar-refractivity contribution < 1.29 is 4.79 Å². The van der Waals surface area contributed by atoms with Gasteiger partial charge in [0, 0.05) is 45.7 Å². The van der Waals surface area contributed by atoms with E-state index >= 15 is 0 Å². The number of nitrogens with one attached hydrogen (secondary N) is 2. The summed E-state index contributed by atoms with van der Waals surface area (Å²) >= 11 is 0. The first-order chi connectivity index (χ1) is 9.78. The van der Waals surface area contributed by atoms with Crippen LogP contribution in [0, 0.1) is 5.92 Å². The van der Waals surface area contributed by atoms with Crippen molar-refractivity contribution >= 4 is 5.91 Å². The fourth-order valence-electron chi connectivity index (χ4n) is 3.07. The lowest BCUT2D eigenvalue weighted by molar-refractivity contribution is -0.121. The second kappa shape index (κ2) is 8.60. The lowest BCUT2D eigenvalue weighted by Gasteiger charge is -2.33. The molecule has 2 rings (SSSR count). The van der Waals surface area contributed by atoms with E-state index < -0.39 is 0 Å². The van der Waals surface area contributed by atoms with E-state index in [4.69, 9.17) is 0 Å². The molecule has 1 amide bonds. The Labute approximate surface area is 123 Å². The third-order valence-corrected chi connectivity index (χ3v) is 4.60. The number of likely N-dealkylation sites (N-methyl/N-ethyl adjacent to an activating group) is 1. The maximum atomic E-state index is 11.8. The molecule has 2 saturated heterocycles. The number of carbonyl (C=O) groups excluding carboxylic acids is 1. The third kappa shape index (κ3) is 5.38. The van der Waals surface area contributed by atoms with Crippen LogP contribution in [0.1, 0.15) is 26.2 Å². The quantitative estimate of drug-likeness (QED) is 0.697. The van der Waals surface area contributed by atoms with E-state index in [1.165, 1.54) is 19.5 Å². The van der Waals surface area contributed by atoms with Gasteiger partial charge < -0.3 is 15.5 Å². The molecule has 20 heavy (non-hydrogen) atoms. The van der Waals surface area contributed by atoms with Crippen molar-refractivity contribution in [2.75, 3.05) is 58.9 Å². The van der Waals surface area contributed by atoms with E-state index in [0.29, 0.717) is 12.3 Å². The molecule has 2 N–H and O–H groups in total. The molecule has 5 heteroatoms. The average molecular weight is 282 g/mol. The van der Waals surface area contributed by atoms with Crippen molar-refractivity contribution in [3.8, 4) is 0 Å². The van der Waals surface area contributed by atoms with Crippen LogP contribution in [0.4, 0.5) is 0 Å². The minimum absolute atomic E-state index is 0.226. The van der Waals surface area contributed by atoms with Crippen molar-refractivity contribution in [2.24, 2.45) is 5.92 Å². The molecule has 0 aromatic carbocycles. The summed E-state index contributed by atoms with van der Waals surface area (Å²) < 4.78 is 0. The third-order valence-electron chi connectivity index (χ3n) is 4.60. The molecule has 0 saturated carbocycles. The van der Waals surface area contributed by atoms with Crippen molar-refractivity contribution in [3.05, 3.63) is 0 Å². The predicted molar refractivity (Wildman–Crippen MR) is 81.8 cm³/mol. The molecule has 0 aromatic rings. The number of carbonyl (C=O) groups is 1. The summed E-state index contributed by atoms with van der Waals surface area (Å²) in [5.41, 5.74) is 0. The number of hydrogen-bond acceptors (Lipinski definition) is 4. The molecule has 2 fully saturated rings. The van der Waals surface area contributed by atoms with Gasteiger partial charge in [0.05, 0.1) is 0 Å². The lowest BCUT2D eigenvalue weighted by atomic mass is 10.0. The van der Waals surface area contributed by atoms with Gasteiger partial charge in [-0.05, 0) is 38.4 Å². The zero-order chi connectivity index (χ0) is 14.2. The molecule has 2 aliphatic heterocycles. The Kier molecular flexibility index (Phi) is 6.76. The molecular weight excluding hydrogens is 252 g/mol. The normalized spacial score (nSPS) is 24.9. The van der Waals surface area contributed by atoms with Crippen LogP contribution >= 0.6 is 0 Å². The number of rotatable bonds is 7. The van der Waals surface area contributed by atoms with E-state index in [1.54, 1.807) is 0 Å². The minimum atomic E-state index is 0.226. The Morgan fingerprint density at radius 1 is 1.25 bits per heavy atom. The zero-order valence-electron chi connectivity index (χ0n) is 12.9. The summed E-state index contributed by atoms with van der Waals surface area (Å²) in [6.07, 6.45) is 2.96. The van der Waals surface area contributed by atoms with E-state index in [-0.39, 0.29) is 5.91 Å². The molecule has 2 aliphatic rings. The Morgan fingerprint density at radius 3 is 2.65 bits per heavy atom. The van der Waals surface area contributed by atoms with Crippen molar-refractivity contribution in [2.45, 2.75) is 26.2 Å². The van der Waals surface area contributed by atoms with Crippen LogP contribution < -0.4 is 10.6 Å². The smallest absolute Gasteiger partial charge is 0.220 e. The highest BCUT2D eigenvalue weighted by Crippen LogP contribution is 2.13. The Morgan fingerprint density at radius 2 is 2.00 bits per heavy atom. The molecule has 0 aromatic heterocycles. The Hall–Kier alpha value is -0.650. The van der Waals surface area contributed by atoms with Crippen LogP contribution in [-0.4, -0.2) is 74.6 Å². The van der Waals surface area contributed by atoms with Crippen LogP contribution in [0.5, 0.6) is 0 Å². The fraction of sp³-hybridized carbons (Fsp3) is 0.933. The molecular formula is C15H30N4O. The summed E-state index contributed by atoms with van der Waals surface area (Å²) in [4.78, 5) is 16.7. The summed E-state index contributed by atoms with van der Waals surface area (Å²) in [6.45, 7) is 12.0.